The predicted octanol–water partition coefficient (Wildman–Crippen LogP) is 2.65. The maximum atomic E-state index is 10.4. The predicted molar refractivity (Wildman–Crippen MR) is 73.0 cm³/mol. The van der Waals surface area contributed by atoms with Crippen molar-refractivity contribution in [2.45, 2.75) is 33.0 Å². The lowest BCUT2D eigenvalue weighted by atomic mass is 10.0. The smallest absolute Gasteiger partial charge is 0.138 e. The number of aliphatic hydroxyl groups is 1. The summed E-state index contributed by atoms with van der Waals surface area (Å²) in [6.07, 6.45) is 6.07. The van der Waals surface area contributed by atoms with Crippen LogP contribution in [0.2, 0.25) is 0 Å². The Morgan fingerprint density at radius 2 is 1.95 bits per heavy atom. The van der Waals surface area contributed by atoms with Gasteiger partial charge in [-0.25, -0.2) is 0 Å². The van der Waals surface area contributed by atoms with Crippen LogP contribution in [0.25, 0.3) is 0 Å². The number of hydrogen-bond donors (Lipinski definition) is 1. The average Bonchev–Trinajstić information content (AvgIpc) is 2.38. The molecule has 1 N–H and O–H groups in total. The van der Waals surface area contributed by atoms with E-state index < -0.39 is 6.10 Å². The third kappa shape index (κ3) is 3.29. The summed E-state index contributed by atoms with van der Waals surface area (Å²) in [6, 6.07) is 3.63. The molecule has 0 aromatic carbocycles. The van der Waals surface area contributed by atoms with Crippen molar-refractivity contribution >= 4 is 0 Å². The first-order valence-electron chi connectivity index (χ1n) is 6.28. The van der Waals surface area contributed by atoms with E-state index in [1.807, 2.05) is 32.9 Å². The molecule has 0 bridgehead atoms. The Kier molecular flexibility index (Phi) is 4.12. The van der Waals surface area contributed by atoms with Crippen molar-refractivity contribution < 1.29 is 9.84 Å². The zero-order valence-corrected chi connectivity index (χ0v) is 11.4. The summed E-state index contributed by atoms with van der Waals surface area (Å²) < 4.78 is 5.59. The van der Waals surface area contributed by atoms with Crippen LogP contribution in [0, 0.1) is 6.92 Å². The molecular formula is C15H18N2O2. The SMILES string of the molecule is Cc1cnccc1C(O)c1cncc(OC(C)C)c1. The van der Waals surface area contributed by atoms with Gasteiger partial charge >= 0.3 is 0 Å². The minimum atomic E-state index is -0.716. The molecule has 0 fully saturated rings. The Morgan fingerprint density at radius 1 is 1.16 bits per heavy atom. The number of rotatable bonds is 4. The van der Waals surface area contributed by atoms with Crippen molar-refractivity contribution in [2.75, 3.05) is 0 Å². The van der Waals surface area contributed by atoms with Gasteiger partial charge in [0.25, 0.3) is 0 Å². The number of aromatic nitrogens is 2. The lowest BCUT2D eigenvalue weighted by Gasteiger charge is -2.15. The number of hydrogen-bond acceptors (Lipinski definition) is 4. The number of aliphatic hydroxyl groups excluding tert-OH is 1. The van der Waals surface area contributed by atoms with E-state index in [0.29, 0.717) is 11.3 Å². The lowest BCUT2D eigenvalue weighted by molar-refractivity contribution is 0.215. The minimum Gasteiger partial charge on any atom is -0.489 e. The van der Waals surface area contributed by atoms with Gasteiger partial charge in [0, 0.05) is 24.2 Å². The molecule has 2 heterocycles. The molecular weight excluding hydrogens is 240 g/mol. The molecule has 100 valence electrons. The second-order valence-electron chi connectivity index (χ2n) is 4.76. The second-order valence-corrected chi connectivity index (χ2v) is 4.76. The van der Waals surface area contributed by atoms with Crippen LogP contribution in [0.4, 0.5) is 0 Å². The van der Waals surface area contributed by atoms with Gasteiger partial charge in [-0.15, -0.1) is 0 Å². The molecule has 0 radical (unpaired) electrons. The van der Waals surface area contributed by atoms with Crippen LogP contribution in [-0.4, -0.2) is 21.2 Å². The third-order valence-electron chi connectivity index (χ3n) is 2.78. The van der Waals surface area contributed by atoms with Crippen LogP contribution in [0.15, 0.2) is 36.9 Å². The molecule has 1 unspecified atom stereocenters. The summed E-state index contributed by atoms with van der Waals surface area (Å²) in [5, 5.41) is 10.4. The lowest BCUT2D eigenvalue weighted by Crippen LogP contribution is -2.07. The summed E-state index contributed by atoms with van der Waals surface area (Å²) in [7, 11) is 0. The Balaban J connectivity index is 2.29. The Hall–Kier alpha value is -1.94. The molecule has 4 heteroatoms. The average molecular weight is 258 g/mol. The largest absolute Gasteiger partial charge is 0.489 e. The molecule has 1 atom stereocenters. The van der Waals surface area contributed by atoms with E-state index in [1.165, 1.54) is 0 Å². The summed E-state index contributed by atoms with van der Waals surface area (Å²) in [5.41, 5.74) is 2.50. The van der Waals surface area contributed by atoms with E-state index in [4.69, 9.17) is 4.74 Å². The van der Waals surface area contributed by atoms with E-state index >= 15 is 0 Å². The van der Waals surface area contributed by atoms with Crippen molar-refractivity contribution in [3.05, 3.63) is 53.6 Å². The maximum Gasteiger partial charge on any atom is 0.138 e. The van der Waals surface area contributed by atoms with Crippen LogP contribution < -0.4 is 4.74 Å². The first kappa shape index (κ1) is 13.5. The van der Waals surface area contributed by atoms with Gasteiger partial charge in [-0.05, 0) is 44.0 Å². The van der Waals surface area contributed by atoms with E-state index in [2.05, 4.69) is 9.97 Å². The topological polar surface area (TPSA) is 55.2 Å². The van der Waals surface area contributed by atoms with Gasteiger partial charge in [-0.1, -0.05) is 0 Å². The fourth-order valence-electron chi connectivity index (χ4n) is 1.89. The summed E-state index contributed by atoms with van der Waals surface area (Å²) in [5.74, 6) is 0.665. The highest BCUT2D eigenvalue weighted by molar-refractivity contribution is 5.35. The van der Waals surface area contributed by atoms with Crippen molar-refractivity contribution in [1.29, 1.82) is 0 Å². The van der Waals surface area contributed by atoms with Crippen LogP contribution in [0.1, 0.15) is 36.6 Å². The van der Waals surface area contributed by atoms with Crippen molar-refractivity contribution in [1.82, 2.24) is 9.97 Å². The van der Waals surface area contributed by atoms with Gasteiger partial charge in [0.05, 0.1) is 12.3 Å². The molecule has 0 aliphatic carbocycles. The first-order chi connectivity index (χ1) is 9.08. The summed E-state index contributed by atoms with van der Waals surface area (Å²) in [4.78, 5) is 8.14. The number of aryl methyl sites for hydroxylation is 1. The van der Waals surface area contributed by atoms with Crippen LogP contribution in [0.5, 0.6) is 5.75 Å². The molecule has 4 nitrogen and oxygen atoms in total. The van der Waals surface area contributed by atoms with E-state index in [9.17, 15) is 5.11 Å². The van der Waals surface area contributed by atoms with Gasteiger partial charge in [-0.3, -0.25) is 9.97 Å². The first-order valence-corrected chi connectivity index (χ1v) is 6.28. The van der Waals surface area contributed by atoms with E-state index in [0.717, 1.165) is 11.1 Å². The van der Waals surface area contributed by atoms with Crippen LogP contribution in [-0.2, 0) is 0 Å². The van der Waals surface area contributed by atoms with Gasteiger partial charge in [0.15, 0.2) is 0 Å². The normalized spacial score (nSPS) is 12.5. The fourth-order valence-corrected chi connectivity index (χ4v) is 1.89. The van der Waals surface area contributed by atoms with Crippen molar-refractivity contribution in [3.63, 3.8) is 0 Å². The molecule has 0 saturated carbocycles. The quantitative estimate of drug-likeness (QED) is 0.916. The second kappa shape index (κ2) is 5.80. The molecule has 0 aliphatic heterocycles. The zero-order chi connectivity index (χ0) is 13.8. The van der Waals surface area contributed by atoms with Gasteiger partial charge in [-0.2, -0.15) is 0 Å². The molecule has 2 aromatic rings. The van der Waals surface area contributed by atoms with Crippen LogP contribution in [0.3, 0.4) is 0 Å². The molecule has 2 rings (SSSR count). The van der Waals surface area contributed by atoms with E-state index in [1.54, 1.807) is 24.8 Å². The Labute approximate surface area is 113 Å². The standard InChI is InChI=1S/C15H18N2O2/c1-10(2)19-13-6-12(8-17-9-13)15(18)14-4-5-16-7-11(14)3/h4-10,15,18H,1-3H3. The molecule has 0 saturated heterocycles. The monoisotopic (exact) mass is 258 g/mol. The summed E-state index contributed by atoms with van der Waals surface area (Å²) >= 11 is 0. The van der Waals surface area contributed by atoms with Gasteiger partial charge in [0.2, 0.25) is 0 Å². The van der Waals surface area contributed by atoms with Gasteiger partial charge < -0.3 is 9.84 Å². The Morgan fingerprint density at radius 3 is 2.63 bits per heavy atom. The molecule has 2 aromatic heterocycles. The summed E-state index contributed by atoms with van der Waals surface area (Å²) in [6.45, 7) is 5.83. The van der Waals surface area contributed by atoms with Crippen LogP contribution >= 0.6 is 0 Å². The number of ether oxygens (including phenoxy) is 1. The number of nitrogens with zero attached hydrogens (tertiary/aromatic N) is 2. The molecule has 0 spiro atoms. The highest BCUT2D eigenvalue weighted by atomic mass is 16.5. The van der Waals surface area contributed by atoms with Crippen molar-refractivity contribution in [2.24, 2.45) is 0 Å². The highest BCUT2D eigenvalue weighted by Crippen LogP contribution is 2.26. The molecule has 0 aliphatic rings. The van der Waals surface area contributed by atoms with E-state index in [-0.39, 0.29) is 6.10 Å². The maximum absolute atomic E-state index is 10.4. The molecule has 0 amide bonds. The highest BCUT2D eigenvalue weighted by Gasteiger charge is 2.14. The third-order valence-corrected chi connectivity index (χ3v) is 2.78. The molecule has 19 heavy (non-hydrogen) atoms. The van der Waals surface area contributed by atoms with Gasteiger partial charge in [0.1, 0.15) is 11.9 Å². The fraction of sp³-hybridized carbons (Fsp3) is 0.333. The Bertz CT molecular complexity index is 555. The van der Waals surface area contributed by atoms with Crippen molar-refractivity contribution in [3.8, 4) is 5.75 Å². The zero-order valence-electron chi connectivity index (χ0n) is 11.4. The minimum absolute atomic E-state index is 0.0804. The number of pyridine rings is 2.